The van der Waals surface area contributed by atoms with Crippen LogP contribution in [0.1, 0.15) is 0 Å². The molecule has 6 rings (SSSR count). The van der Waals surface area contributed by atoms with Crippen LogP contribution in [0.4, 0.5) is 0 Å². The van der Waals surface area contributed by atoms with Gasteiger partial charge in [-0.05, 0) is 35.0 Å². The minimum Gasteiger partial charge on any atom is -0.260 e. The highest BCUT2D eigenvalue weighted by Crippen LogP contribution is 2.36. The zero-order chi connectivity index (χ0) is 20.1. The Kier molecular flexibility index (Phi) is 3.62. The van der Waals surface area contributed by atoms with Crippen molar-refractivity contribution in [2.75, 3.05) is 0 Å². The van der Waals surface area contributed by atoms with Crippen molar-refractivity contribution < 1.29 is 0 Å². The van der Waals surface area contributed by atoms with Gasteiger partial charge < -0.3 is 0 Å². The first-order valence-corrected chi connectivity index (χ1v) is 10.0. The van der Waals surface area contributed by atoms with Crippen molar-refractivity contribution in [1.29, 1.82) is 0 Å². The largest absolute Gasteiger partial charge is 0.338 e. The first-order valence-electron chi connectivity index (χ1n) is 10.0. The van der Waals surface area contributed by atoms with E-state index in [9.17, 15) is 4.79 Å². The van der Waals surface area contributed by atoms with Gasteiger partial charge >= 0.3 is 5.69 Å². The van der Waals surface area contributed by atoms with E-state index in [1.54, 1.807) is 0 Å². The molecule has 3 heteroatoms. The molecule has 0 N–H and O–H groups in total. The summed E-state index contributed by atoms with van der Waals surface area (Å²) in [6, 6.07) is 36.4. The van der Waals surface area contributed by atoms with Crippen LogP contribution in [0.15, 0.2) is 114 Å². The highest BCUT2D eigenvalue weighted by Gasteiger charge is 2.21. The van der Waals surface area contributed by atoms with Crippen LogP contribution < -0.4 is 5.69 Å². The summed E-state index contributed by atoms with van der Waals surface area (Å²) < 4.78 is 3.69. The molecule has 0 aliphatic rings. The van der Waals surface area contributed by atoms with Gasteiger partial charge in [0.2, 0.25) is 0 Å². The Balaban J connectivity index is 1.96. The number of nitrogens with zero attached hydrogens (tertiary/aromatic N) is 2. The van der Waals surface area contributed by atoms with Gasteiger partial charge in [0, 0.05) is 10.8 Å². The monoisotopic (exact) mass is 386 g/mol. The third-order valence-corrected chi connectivity index (χ3v) is 5.74. The van der Waals surface area contributed by atoms with Crippen LogP contribution in [0.3, 0.4) is 0 Å². The fraction of sp³-hybridized carbons (Fsp3) is 0. The Labute approximate surface area is 173 Å². The second-order valence-corrected chi connectivity index (χ2v) is 7.41. The van der Waals surface area contributed by atoms with Gasteiger partial charge in [0.25, 0.3) is 0 Å². The molecular weight excluding hydrogens is 368 g/mol. The van der Waals surface area contributed by atoms with Crippen LogP contribution in [0.25, 0.3) is 44.0 Å². The van der Waals surface area contributed by atoms with Crippen LogP contribution in [0.5, 0.6) is 0 Å². The minimum absolute atomic E-state index is 0.0658. The molecule has 0 saturated carbocycles. The number of aromatic nitrogens is 2. The lowest BCUT2D eigenvalue weighted by Crippen LogP contribution is -2.22. The van der Waals surface area contributed by atoms with E-state index in [4.69, 9.17) is 0 Å². The summed E-state index contributed by atoms with van der Waals surface area (Å²) in [4.78, 5) is 13.9. The predicted octanol–water partition coefficient (Wildman–Crippen LogP) is 6.09. The molecule has 5 aromatic carbocycles. The number of hydrogen-bond acceptors (Lipinski definition) is 1. The van der Waals surface area contributed by atoms with Crippen molar-refractivity contribution in [3.05, 3.63) is 120 Å². The molecule has 0 unspecified atom stereocenters. The maximum Gasteiger partial charge on any atom is 0.338 e. The zero-order valence-electron chi connectivity index (χ0n) is 16.2. The van der Waals surface area contributed by atoms with E-state index < -0.39 is 0 Å². The van der Waals surface area contributed by atoms with Gasteiger partial charge in [-0.2, -0.15) is 0 Å². The predicted molar refractivity (Wildman–Crippen MR) is 124 cm³/mol. The molecule has 0 atom stereocenters. The lowest BCUT2D eigenvalue weighted by molar-refractivity contribution is 0.932. The summed E-state index contributed by atoms with van der Waals surface area (Å²) in [6.45, 7) is 0. The number of fused-ring (bicyclic) bond motifs is 6. The second kappa shape index (κ2) is 6.46. The average molecular weight is 386 g/mol. The Morgan fingerprint density at radius 3 is 1.13 bits per heavy atom. The van der Waals surface area contributed by atoms with E-state index in [0.29, 0.717) is 0 Å². The van der Waals surface area contributed by atoms with Crippen molar-refractivity contribution in [3.8, 4) is 11.4 Å². The first kappa shape index (κ1) is 16.8. The zero-order valence-corrected chi connectivity index (χ0v) is 16.2. The molecule has 0 fully saturated rings. The van der Waals surface area contributed by atoms with Crippen LogP contribution in [0.2, 0.25) is 0 Å². The van der Waals surface area contributed by atoms with Crippen molar-refractivity contribution in [2.45, 2.75) is 0 Å². The van der Waals surface area contributed by atoms with Crippen molar-refractivity contribution in [3.63, 3.8) is 0 Å². The minimum atomic E-state index is -0.0658. The summed E-state index contributed by atoms with van der Waals surface area (Å²) in [5, 5.41) is 4.44. The number of para-hydroxylation sites is 2. The molecule has 0 saturated heterocycles. The molecule has 1 heterocycles. The topological polar surface area (TPSA) is 26.9 Å². The SMILES string of the molecule is O=c1n(-c2ccccc2)c2c3ccccc3c3ccccc3c2n1-c1ccccc1. The molecule has 3 nitrogen and oxygen atoms in total. The molecule has 0 spiro atoms. The van der Waals surface area contributed by atoms with Crippen LogP contribution in [0, 0.1) is 0 Å². The highest BCUT2D eigenvalue weighted by atomic mass is 16.1. The van der Waals surface area contributed by atoms with E-state index in [2.05, 4.69) is 36.4 Å². The fourth-order valence-electron chi connectivity index (χ4n) is 4.48. The molecule has 0 amide bonds. The van der Waals surface area contributed by atoms with E-state index in [1.165, 1.54) is 0 Å². The standard InChI is InChI=1S/C27H18N2O/c30-27-28(19-11-3-1-4-12-19)25-23-17-9-7-15-21(23)22-16-8-10-18-24(22)26(25)29(27)20-13-5-2-6-14-20/h1-18H. The van der Waals surface area contributed by atoms with E-state index in [1.807, 2.05) is 81.9 Å². The highest BCUT2D eigenvalue weighted by molar-refractivity contribution is 6.24. The van der Waals surface area contributed by atoms with Crippen LogP contribution >= 0.6 is 0 Å². The Hall–Kier alpha value is -4.11. The number of rotatable bonds is 2. The summed E-state index contributed by atoms with van der Waals surface area (Å²) in [5.74, 6) is 0. The van der Waals surface area contributed by atoms with Crippen LogP contribution in [-0.4, -0.2) is 9.13 Å². The van der Waals surface area contributed by atoms with Gasteiger partial charge in [0.15, 0.2) is 0 Å². The first-order chi connectivity index (χ1) is 14.8. The van der Waals surface area contributed by atoms with E-state index >= 15 is 0 Å². The summed E-state index contributed by atoms with van der Waals surface area (Å²) in [5.41, 5.74) is 3.53. The van der Waals surface area contributed by atoms with Crippen LogP contribution in [-0.2, 0) is 0 Å². The maximum absolute atomic E-state index is 13.9. The number of imidazole rings is 1. The third kappa shape index (κ3) is 2.29. The Bertz CT molecular complexity index is 1470. The average Bonchev–Trinajstić information content (AvgIpc) is 3.13. The molecule has 1 aromatic heterocycles. The molecule has 0 aliphatic heterocycles. The number of benzene rings is 5. The van der Waals surface area contributed by atoms with Crippen molar-refractivity contribution in [2.24, 2.45) is 0 Å². The van der Waals surface area contributed by atoms with Gasteiger partial charge in [-0.15, -0.1) is 0 Å². The smallest absolute Gasteiger partial charge is 0.260 e. The van der Waals surface area contributed by atoms with Gasteiger partial charge in [-0.1, -0.05) is 84.9 Å². The summed E-state index contributed by atoms with van der Waals surface area (Å²) in [7, 11) is 0. The number of hydrogen-bond donors (Lipinski definition) is 0. The Morgan fingerprint density at radius 1 is 0.400 bits per heavy atom. The summed E-state index contributed by atoms with van der Waals surface area (Å²) >= 11 is 0. The third-order valence-electron chi connectivity index (χ3n) is 5.74. The van der Waals surface area contributed by atoms with E-state index in [0.717, 1.165) is 44.0 Å². The van der Waals surface area contributed by atoms with Crippen molar-refractivity contribution >= 4 is 32.6 Å². The van der Waals surface area contributed by atoms with E-state index in [-0.39, 0.29) is 5.69 Å². The molecular formula is C27H18N2O. The second-order valence-electron chi connectivity index (χ2n) is 7.41. The molecule has 30 heavy (non-hydrogen) atoms. The molecule has 0 radical (unpaired) electrons. The lowest BCUT2D eigenvalue weighted by atomic mass is 9.99. The molecule has 0 aliphatic carbocycles. The van der Waals surface area contributed by atoms with Gasteiger partial charge in [-0.25, -0.2) is 4.79 Å². The fourth-order valence-corrected chi connectivity index (χ4v) is 4.48. The lowest BCUT2D eigenvalue weighted by Gasteiger charge is -2.10. The molecule has 142 valence electrons. The van der Waals surface area contributed by atoms with Crippen molar-refractivity contribution in [1.82, 2.24) is 9.13 Å². The maximum atomic E-state index is 13.9. The summed E-state index contributed by atoms with van der Waals surface area (Å²) in [6.07, 6.45) is 0. The molecule has 6 aromatic rings. The molecule has 0 bridgehead atoms. The quantitative estimate of drug-likeness (QED) is 0.331. The van der Waals surface area contributed by atoms with Gasteiger partial charge in [0.1, 0.15) is 0 Å². The normalized spacial score (nSPS) is 11.5. The Morgan fingerprint density at radius 2 is 0.733 bits per heavy atom. The van der Waals surface area contributed by atoms with Gasteiger partial charge in [0.05, 0.1) is 22.4 Å². The van der Waals surface area contributed by atoms with Gasteiger partial charge in [-0.3, -0.25) is 9.13 Å².